The Morgan fingerprint density at radius 2 is 1.89 bits per heavy atom. The van der Waals surface area contributed by atoms with Gasteiger partial charge in [-0.2, -0.15) is 5.10 Å². The van der Waals surface area contributed by atoms with E-state index in [1.54, 1.807) is 6.20 Å². The van der Waals surface area contributed by atoms with Crippen LogP contribution in [-0.4, -0.2) is 35.6 Å². The number of aromatic nitrogens is 6. The number of nitrogens with zero attached hydrogens (tertiary/aromatic N) is 5. The number of amides is 1. The van der Waals surface area contributed by atoms with Crippen molar-refractivity contribution in [3.05, 3.63) is 95.7 Å². The predicted molar refractivity (Wildman–Crippen MR) is 137 cm³/mol. The number of imidazole rings is 1. The molecule has 3 aromatic heterocycles. The molecule has 37 heavy (non-hydrogen) atoms. The molecular weight excluding hydrogens is 469 g/mol. The highest BCUT2D eigenvalue weighted by Gasteiger charge is 2.23. The molecule has 1 amide bonds. The molecule has 0 atom stereocenters. The van der Waals surface area contributed by atoms with Crippen molar-refractivity contribution >= 4 is 17.1 Å². The lowest BCUT2D eigenvalue weighted by atomic mass is 10.1. The number of H-pyrrole nitrogens is 1. The van der Waals surface area contributed by atoms with Crippen LogP contribution in [0.1, 0.15) is 59.0 Å². The molecule has 186 valence electrons. The van der Waals surface area contributed by atoms with Crippen molar-refractivity contribution in [1.82, 2.24) is 35.0 Å². The van der Waals surface area contributed by atoms with Gasteiger partial charge in [-0.15, -0.1) is 0 Å². The molecule has 6 rings (SSSR count). The zero-order valence-corrected chi connectivity index (χ0v) is 20.2. The van der Waals surface area contributed by atoms with Crippen LogP contribution in [0.15, 0.2) is 67.3 Å². The first kappa shape index (κ1) is 23.0. The number of fused-ring (bicyclic) bond motifs is 1. The summed E-state index contributed by atoms with van der Waals surface area (Å²) in [5.41, 5.74) is 4.53. The van der Waals surface area contributed by atoms with Crippen LogP contribution in [0.25, 0.3) is 22.3 Å². The minimum absolute atomic E-state index is 0.150. The van der Waals surface area contributed by atoms with Crippen molar-refractivity contribution in [3.63, 3.8) is 0 Å². The molecule has 3 heterocycles. The van der Waals surface area contributed by atoms with E-state index in [-0.39, 0.29) is 24.0 Å². The Hall–Kier alpha value is -4.40. The van der Waals surface area contributed by atoms with E-state index in [1.165, 1.54) is 31.3 Å². The van der Waals surface area contributed by atoms with Gasteiger partial charge < -0.3 is 10.3 Å². The molecule has 1 aliphatic rings. The highest BCUT2D eigenvalue weighted by atomic mass is 19.1. The number of rotatable bonds is 7. The Bertz CT molecular complexity index is 1550. The third-order valence-electron chi connectivity index (χ3n) is 6.83. The summed E-state index contributed by atoms with van der Waals surface area (Å²) in [4.78, 5) is 29.3. The SMILES string of the molecule is O=C(NCc1cc(F)cc(-c2cnn(Cc3ccccc3)c2)c1)c1ncnc2nc(C3CCCC3)[nH]c12. The quantitative estimate of drug-likeness (QED) is 0.331. The van der Waals surface area contributed by atoms with Gasteiger partial charge >= 0.3 is 0 Å². The number of hydrogen-bond donors (Lipinski definition) is 2. The van der Waals surface area contributed by atoms with Gasteiger partial charge in [-0.1, -0.05) is 43.2 Å². The highest BCUT2D eigenvalue weighted by Crippen LogP contribution is 2.33. The molecule has 0 bridgehead atoms. The third-order valence-corrected chi connectivity index (χ3v) is 6.83. The van der Waals surface area contributed by atoms with Crippen LogP contribution in [0.4, 0.5) is 4.39 Å². The van der Waals surface area contributed by atoms with E-state index in [0.29, 0.717) is 34.8 Å². The average Bonchev–Trinajstić information content (AvgIpc) is 3.68. The largest absolute Gasteiger partial charge is 0.347 e. The first-order chi connectivity index (χ1) is 18.1. The van der Waals surface area contributed by atoms with Crippen LogP contribution < -0.4 is 5.32 Å². The maximum absolute atomic E-state index is 14.5. The zero-order valence-electron chi connectivity index (χ0n) is 20.2. The monoisotopic (exact) mass is 495 g/mol. The van der Waals surface area contributed by atoms with Gasteiger partial charge in [0.05, 0.1) is 12.7 Å². The van der Waals surface area contributed by atoms with Crippen molar-refractivity contribution in [2.45, 2.75) is 44.7 Å². The summed E-state index contributed by atoms with van der Waals surface area (Å²) in [6.07, 6.45) is 9.50. The molecular formula is C28H26FN7O. The second-order valence-electron chi connectivity index (χ2n) is 9.47. The van der Waals surface area contributed by atoms with Crippen molar-refractivity contribution in [3.8, 4) is 11.1 Å². The Balaban J connectivity index is 1.17. The topological polar surface area (TPSA) is 101 Å². The van der Waals surface area contributed by atoms with Gasteiger partial charge in [-0.3, -0.25) is 9.48 Å². The number of aromatic amines is 1. The summed E-state index contributed by atoms with van der Waals surface area (Å²) in [7, 11) is 0. The van der Waals surface area contributed by atoms with Gasteiger partial charge in [0, 0.05) is 24.2 Å². The lowest BCUT2D eigenvalue weighted by Gasteiger charge is -2.08. The normalized spacial score (nSPS) is 13.9. The predicted octanol–water partition coefficient (Wildman–Crippen LogP) is 4.99. The van der Waals surface area contributed by atoms with Crippen LogP contribution in [0.3, 0.4) is 0 Å². The second kappa shape index (κ2) is 9.93. The number of halogens is 1. The van der Waals surface area contributed by atoms with Crippen LogP contribution >= 0.6 is 0 Å². The maximum Gasteiger partial charge on any atom is 0.272 e. The summed E-state index contributed by atoms with van der Waals surface area (Å²) in [5, 5.41) is 7.29. The zero-order chi connectivity index (χ0) is 25.2. The smallest absolute Gasteiger partial charge is 0.272 e. The number of carbonyl (C=O) groups is 1. The minimum Gasteiger partial charge on any atom is -0.347 e. The lowest BCUT2D eigenvalue weighted by Crippen LogP contribution is -2.24. The number of nitrogens with one attached hydrogen (secondary N) is 2. The molecule has 0 aliphatic heterocycles. The Morgan fingerprint density at radius 3 is 2.73 bits per heavy atom. The second-order valence-corrected chi connectivity index (χ2v) is 9.47. The van der Waals surface area contributed by atoms with E-state index in [4.69, 9.17) is 0 Å². The van der Waals surface area contributed by atoms with E-state index in [0.717, 1.165) is 29.8 Å². The summed E-state index contributed by atoms with van der Waals surface area (Å²) >= 11 is 0. The first-order valence-electron chi connectivity index (χ1n) is 12.5. The fraction of sp³-hybridized carbons (Fsp3) is 0.250. The first-order valence-corrected chi connectivity index (χ1v) is 12.5. The van der Waals surface area contributed by atoms with E-state index in [2.05, 4.69) is 30.4 Å². The molecule has 0 radical (unpaired) electrons. The number of carbonyl (C=O) groups excluding carboxylic acids is 1. The van der Waals surface area contributed by atoms with Gasteiger partial charge in [-0.25, -0.2) is 19.3 Å². The molecule has 0 spiro atoms. The molecule has 1 fully saturated rings. The average molecular weight is 496 g/mol. The molecule has 0 unspecified atom stereocenters. The Morgan fingerprint density at radius 1 is 1.05 bits per heavy atom. The number of benzene rings is 2. The van der Waals surface area contributed by atoms with E-state index in [9.17, 15) is 9.18 Å². The Labute approximate surface area is 213 Å². The summed E-state index contributed by atoms with van der Waals surface area (Å²) in [6.45, 7) is 0.777. The van der Waals surface area contributed by atoms with Gasteiger partial charge in [0.2, 0.25) is 0 Å². The fourth-order valence-electron chi connectivity index (χ4n) is 4.97. The van der Waals surface area contributed by atoms with Crippen LogP contribution in [0.5, 0.6) is 0 Å². The summed E-state index contributed by atoms with van der Waals surface area (Å²) in [6, 6.07) is 14.8. The van der Waals surface area contributed by atoms with E-state index < -0.39 is 0 Å². The fourth-order valence-corrected chi connectivity index (χ4v) is 4.97. The highest BCUT2D eigenvalue weighted by molar-refractivity contribution is 6.02. The van der Waals surface area contributed by atoms with Crippen LogP contribution in [-0.2, 0) is 13.1 Å². The van der Waals surface area contributed by atoms with Crippen LogP contribution in [0, 0.1) is 5.82 Å². The van der Waals surface area contributed by atoms with Gasteiger partial charge in [0.25, 0.3) is 5.91 Å². The molecule has 8 nitrogen and oxygen atoms in total. The summed E-state index contributed by atoms with van der Waals surface area (Å²) < 4.78 is 16.3. The molecule has 9 heteroatoms. The van der Waals surface area contributed by atoms with Gasteiger partial charge in [-0.05, 0) is 47.7 Å². The van der Waals surface area contributed by atoms with E-state index >= 15 is 0 Å². The standard InChI is InChI=1S/C28H26FN7O/c29-23-11-19(10-21(12-23)22-14-33-36(16-22)15-18-6-2-1-3-7-18)13-30-28(37)25-24-27(32-17-31-25)35-26(34-24)20-8-4-5-9-20/h1-3,6-7,10-12,14,16-17,20H,4-5,8-9,13,15H2,(H,30,37)(H,31,32,34,35). The number of hydrogen-bond acceptors (Lipinski definition) is 5. The lowest BCUT2D eigenvalue weighted by molar-refractivity contribution is 0.0947. The maximum atomic E-state index is 14.5. The van der Waals surface area contributed by atoms with Gasteiger partial charge in [0.1, 0.15) is 23.5 Å². The Kier molecular flexibility index (Phi) is 6.18. The third kappa shape index (κ3) is 4.97. The summed E-state index contributed by atoms with van der Waals surface area (Å²) in [5.74, 6) is 0.491. The molecule has 0 saturated heterocycles. The molecule has 5 aromatic rings. The van der Waals surface area contributed by atoms with Gasteiger partial charge in [0.15, 0.2) is 11.3 Å². The van der Waals surface area contributed by atoms with Crippen molar-refractivity contribution in [2.24, 2.45) is 0 Å². The molecule has 1 saturated carbocycles. The molecule has 2 aromatic carbocycles. The minimum atomic E-state index is -0.378. The molecule has 2 N–H and O–H groups in total. The molecule has 1 aliphatic carbocycles. The van der Waals surface area contributed by atoms with Crippen molar-refractivity contribution < 1.29 is 9.18 Å². The van der Waals surface area contributed by atoms with Crippen LogP contribution in [0.2, 0.25) is 0 Å². The van der Waals surface area contributed by atoms with Crippen molar-refractivity contribution in [2.75, 3.05) is 0 Å². The van der Waals surface area contributed by atoms with E-state index in [1.807, 2.05) is 47.3 Å². The van der Waals surface area contributed by atoms with Crippen molar-refractivity contribution in [1.29, 1.82) is 0 Å².